The minimum atomic E-state index is -0.463. The lowest BCUT2D eigenvalue weighted by atomic mass is 10.2. The Balaban J connectivity index is 2.00. The molecule has 108 valence electrons. The van der Waals surface area contributed by atoms with Gasteiger partial charge in [-0.25, -0.2) is 0 Å². The molecule has 1 heterocycles. The summed E-state index contributed by atoms with van der Waals surface area (Å²) in [5, 5.41) is 2.50. The number of nitrogens with one attached hydrogen (secondary N) is 1. The average Bonchev–Trinajstić information content (AvgIpc) is 2.69. The molecule has 1 amide bonds. The first-order valence-electron chi connectivity index (χ1n) is 6.54. The number of fused-ring (bicyclic) bond motifs is 1. The van der Waals surface area contributed by atoms with Gasteiger partial charge in [-0.1, -0.05) is 0 Å². The molecule has 20 heavy (non-hydrogen) atoms. The Morgan fingerprint density at radius 1 is 1.25 bits per heavy atom. The third-order valence-corrected chi connectivity index (χ3v) is 2.71. The van der Waals surface area contributed by atoms with Gasteiger partial charge in [0.1, 0.15) is 6.54 Å². The lowest BCUT2D eigenvalue weighted by Crippen LogP contribution is -2.30. The molecule has 1 aromatic rings. The summed E-state index contributed by atoms with van der Waals surface area (Å²) in [7, 11) is 0. The Morgan fingerprint density at radius 3 is 2.75 bits per heavy atom. The molecule has 6 heteroatoms. The van der Waals surface area contributed by atoms with Crippen molar-refractivity contribution in [3.63, 3.8) is 0 Å². The van der Waals surface area contributed by atoms with Crippen molar-refractivity contribution in [3.05, 3.63) is 23.8 Å². The number of carbonyl (C=O) groups excluding carboxylic acids is 2. The van der Waals surface area contributed by atoms with Crippen molar-refractivity contribution in [3.8, 4) is 11.5 Å². The zero-order chi connectivity index (χ0) is 14.4. The van der Waals surface area contributed by atoms with Crippen molar-refractivity contribution in [1.82, 2.24) is 5.32 Å². The fourth-order valence-corrected chi connectivity index (χ4v) is 1.77. The maximum absolute atomic E-state index is 11.9. The van der Waals surface area contributed by atoms with E-state index >= 15 is 0 Å². The van der Waals surface area contributed by atoms with Gasteiger partial charge >= 0.3 is 5.97 Å². The van der Waals surface area contributed by atoms with E-state index in [1.165, 1.54) is 0 Å². The molecule has 0 saturated heterocycles. The van der Waals surface area contributed by atoms with Crippen LogP contribution in [0.2, 0.25) is 0 Å². The van der Waals surface area contributed by atoms with Gasteiger partial charge in [0.15, 0.2) is 11.5 Å². The molecule has 0 radical (unpaired) electrons. The molecule has 1 aliphatic rings. The molecule has 0 aliphatic carbocycles. The summed E-state index contributed by atoms with van der Waals surface area (Å²) < 4.78 is 15.7. The van der Waals surface area contributed by atoms with E-state index in [0.29, 0.717) is 36.9 Å². The first-order chi connectivity index (χ1) is 9.70. The van der Waals surface area contributed by atoms with Crippen LogP contribution in [0.25, 0.3) is 0 Å². The quantitative estimate of drug-likeness (QED) is 0.837. The zero-order valence-corrected chi connectivity index (χ0v) is 11.3. The number of rotatable bonds is 4. The van der Waals surface area contributed by atoms with Crippen molar-refractivity contribution < 1.29 is 23.8 Å². The van der Waals surface area contributed by atoms with E-state index in [0.717, 1.165) is 6.42 Å². The van der Waals surface area contributed by atoms with Gasteiger partial charge < -0.3 is 19.5 Å². The van der Waals surface area contributed by atoms with Crippen LogP contribution < -0.4 is 14.8 Å². The summed E-state index contributed by atoms with van der Waals surface area (Å²) in [6.07, 6.45) is 0.805. The van der Waals surface area contributed by atoms with E-state index in [-0.39, 0.29) is 12.5 Å². The highest BCUT2D eigenvalue weighted by Crippen LogP contribution is 2.30. The van der Waals surface area contributed by atoms with E-state index in [2.05, 4.69) is 5.32 Å². The Labute approximate surface area is 117 Å². The Kier molecular flexibility index (Phi) is 4.81. The number of hydrogen-bond acceptors (Lipinski definition) is 5. The van der Waals surface area contributed by atoms with Crippen molar-refractivity contribution in [2.75, 3.05) is 26.4 Å². The molecule has 6 nitrogen and oxygen atoms in total. The Bertz CT molecular complexity index is 500. The number of carbonyl (C=O) groups is 2. The predicted octanol–water partition coefficient (Wildman–Crippen LogP) is 1.14. The molecule has 0 bridgehead atoms. The van der Waals surface area contributed by atoms with Gasteiger partial charge in [-0.05, 0) is 25.1 Å². The van der Waals surface area contributed by atoms with Crippen molar-refractivity contribution in [1.29, 1.82) is 0 Å². The van der Waals surface area contributed by atoms with Gasteiger partial charge in [0, 0.05) is 12.0 Å². The molecule has 0 atom stereocenters. The van der Waals surface area contributed by atoms with Gasteiger partial charge in [0.05, 0.1) is 19.8 Å². The molecule has 0 fully saturated rings. The van der Waals surface area contributed by atoms with Crippen LogP contribution in [-0.4, -0.2) is 38.2 Å². The standard InChI is InChI=1S/C14H17NO5/c1-2-18-13(16)9-15-14(17)10-4-5-11-12(8-10)20-7-3-6-19-11/h4-5,8H,2-3,6-7,9H2,1H3,(H,15,17). The van der Waals surface area contributed by atoms with Crippen LogP contribution in [0.5, 0.6) is 11.5 Å². The van der Waals surface area contributed by atoms with E-state index in [1.54, 1.807) is 25.1 Å². The lowest BCUT2D eigenvalue weighted by molar-refractivity contribution is -0.141. The van der Waals surface area contributed by atoms with Gasteiger partial charge in [0.25, 0.3) is 5.91 Å². The SMILES string of the molecule is CCOC(=O)CNC(=O)c1ccc2c(c1)OCCCO2. The molecule has 0 saturated carbocycles. The summed E-state index contributed by atoms with van der Waals surface area (Å²) in [6, 6.07) is 4.94. The molecule has 2 rings (SSSR count). The fraction of sp³-hybridized carbons (Fsp3) is 0.429. The first kappa shape index (κ1) is 14.2. The predicted molar refractivity (Wildman–Crippen MR) is 71.0 cm³/mol. The fourth-order valence-electron chi connectivity index (χ4n) is 1.77. The van der Waals surface area contributed by atoms with Gasteiger partial charge in [-0.15, -0.1) is 0 Å². The van der Waals surface area contributed by atoms with Crippen LogP contribution in [0.3, 0.4) is 0 Å². The van der Waals surface area contributed by atoms with Gasteiger partial charge in [0.2, 0.25) is 0 Å². The number of hydrogen-bond donors (Lipinski definition) is 1. The topological polar surface area (TPSA) is 73.9 Å². The minimum Gasteiger partial charge on any atom is -0.490 e. The second-order valence-electron chi connectivity index (χ2n) is 4.20. The smallest absolute Gasteiger partial charge is 0.325 e. The number of esters is 1. The van der Waals surface area contributed by atoms with Crippen LogP contribution in [0.15, 0.2) is 18.2 Å². The van der Waals surface area contributed by atoms with Gasteiger partial charge in [-0.3, -0.25) is 9.59 Å². The Hall–Kier alpha value is -2.24. The summed E-state index contributed by atoms with van der Waals surface area (Å²) in [5.74, 6) is 0.361. The van der Waals surface area contributed by atoms with E-state index in [4.69, 9.17) is 14.2 Å². The second-order valence-corrected chi connectivity index (χ2v) is 4.20. The normalized spacial score (nSPS) is 13.2. The summed E-state index contributed by atoms with van der Waals surface area (Å²) in [6.45, 7) is 3.01. The lowest BCUT2D eigenvalue weighted by Gasteiger charge is -2.09. The maximum Gasteiger partial charge on any atom is 0.325 e. The molecular weight excluding hydrogens is 262 g/mol. The second kappa shape index (κ2) is 6.79. The summed E-state index contributed by atoms with van der Waals surface area (Å²) >= 11 is 0. The molecule has 0 unspecified atom stereocenters. The van der Waals surface area contributed by atoms with E-state index in [1.807, 2.05) is 0 Å². The van der Waals surface area contributed by atoms with Gasteiger partial charge in [-0.2, -0.15) is 0 Å². The van der Waals surface area contributed by atoms with Crippen LogP contribution in [0, 0.1) is 0 Å². The third kappa shape index (κ3) is 3.63. The van der Waals surface area contributed by atoms with E-state index < -0.39 is 5.97 Å². The first-order valence-corrected chi connectivity index (χ1v) is 6.54. The zero-order valence-electron chi connectivity index (χ0n) is 11.3. The highest BCUT2D eigenvalue weighted by atomic mass is 16.5. The average molecular weight is 279 g/mol. The molecule has 1 aromatic carbocycles. The number of amides is 1. The van der Waals surface area contributed by atoms with Crippen LogP contribution >= 0.6 is 0 Å². The number of benzene rings is 1. The number of ether oxygens (including phenoxy) is 3. The largest absolute Gasteiger partial charge is 0.490 e. The van der Waals surface area contributed by atoms with Crippen LogP contribution in [0.1, 0.15) is 23.7 Å². The van der Waals surface area contributed by atoms with Crippen molar-refractivity contribution in [2.24, 2.45) is 0 Å². The Morgan fingerprint density at radius 2 is 2.00 bits per heavy atom. The molecule has 0 aromatic heterocycles. The summed E-state index contributed by atoms with van der Waals surface area (Å²) in [5.41, 5.74) is 0.415. The van der Waals surface area contributed by atoms with Crippen LogP contribution in [0.4, 0.5) is 0 Å². The van der Waals surface area contributed by atoms with Crippen LogP contribution in [-0.2, 0) is 9.53 Å². The third-order valence-electron chi connectivity index (χ3n) is 2.71. The monoisotopic (exact) mass is 279 g/mol. The maximum atomic E-state index is 11.9. The van der Waals surface area contributed by atoms with Crippen molar-refractivity contribution >= 4 is 11.9 Å². The van der Waals surface area contributed by atoms with Crippen molar-refractivity contribution in [2.45, 2.75) is 13.3 Å². The molecule has 1 aliphatic heterocycles. The van der Waals surface area contributed by atoms with E-state index in [9.17, 15) is 9.59 Å². The highest BCUT2D eigenvalue weighted by molar-refractivity contribution is 5.96. The highest BCUT2D eigenvalue weighted by Gasteiger charge is 2.14. The molecule has 1 N–H and O–H groups in total. The molecular formula is C14H17NO5. The summed E-state index contributed by atoms with van der Waals surface area (Å²) in [4.78, 5) is 23.1. The minimum absolute atomic E-state index is 0.152. The molecule has 0 spiro atoms.